The van der Waals surface area contributed by atoms with Crippen molar-refractivity contribution in [3.05, 3.63) is 45.9 Å². The highest BCUT2D eigenvalue weighted by Crippen LogP contribution is 2.31. The highest BCUT2D eigenvalue weighted by atomic mass is 32.1. The number of aliphatic hydroxyl groups excluding tert-OH is 1. The van der Waals surface area contributed by atoms with E-state index in [9.17, 15) is 24.9 Å². The van der Waals surface area contributed by atoms with Crippen LogP contribution in [-0.4, -0.2) is 44.5 Å². The van der Waals surface area contributed by atoms with E-state index in [4.69, 9.17) is 4.74 Å². The number of aliphatic hydroxyl groups is 2. The lowest BCUT2D eigenvalue weighted by Crippen LogP contribution is -2.39. The molecule has 4 N–H and O–H groups in total. The maximum Gasteiger partial charge on any atom is 0.303 e. The predicted octanol–water partition coefficient (Wildman–Crippen LogP) is 3.81. The van der Waals surface area contributed by atoms with Crippen LogP contribution in [0, 0.1) is 17.8 Å². The first kappa shape index (κ1) is 27.8. The van der Waals surface area contributed by atoms with Gasteiger partial charge in [0.1, 0.15) is 16.5 Å². The Morgan fingerprint density at radius 2 is 1.71 bits per heavy atom. The van der Waals surface area contributed by atoms with E-state index in [1.165, 1.54) is 18.3 Å². The maximum atomic E-state index is 13.0. The van der Waals surface area contributed by atoms with Crippen molar-refractivity contribution in [2.24, 2.45) is 17.8 Å². The molecule has 0 fully saturated rings. The lowest BCUT2D eigenvalue weighted by atomic mass is 9.92. The molecule has 1 aromatic carbocycles. The molecular weight excluding hydrogens is 456 g/mol. The van der Waals surface area contributed by atoms with Crippen molar-refractivity contribution in [2.45, 2.75) is 72.3 Å². The second kappa shape index (κ2) is 12.8. The molecule has 0 bridgehead atoms. The summed E-state index contributed by atoms with van der Waals surface area (Å²) in [5, 5.41) is 33.7. The first-order chi connectivity index (χ1) is 16.0. The highest BCUT2D eigenvalue weighted by molar-refractivity contribution is 7.09. The first-order valence-corrected chi connectivity index (χ1v) is 12.4. The number of rotatable bonds is 12. The quantitative estimate of drug-likeness (QED) is 0.262. The van der Waals surface area contributed by atoms with Gasteiger partial charge in [0.25, 0.3) is 5.91 Å². The molecule has 2 rings (SSSR count). The van der Waals surface area contributed by atoms with Crippen molar-refractivity contribution in [2.75, 3.05) is 0 Å². The van der Waals surface area contributed by atoms with E-state index in [0.29, 0.717) is 36.1 Å². The summed E-state index contributed by atoms with van der Waals surface area (Å²) in [6, 6.07) is 6.27. The molecule has 9 heteroatoms. The SMILES string of the molecule is CC(=O)OC(CC(C)C(C)C)c1nc(C(=O)NC(Cc2ccc(O)cc2)CC(C)C(O)O)cs1. The zero-order valence-electron chi connectivity index (χ0n) is 20.4. The Balaban J connectivity index is 2.17. The number of hydrogen-bond acceptors (Lipinski definition) is 8. The number of phenolic OH excluding ortho intramolecular Hbond substituents is 1. The molecule has 1 aromatic heterocycles. The van der Waals surface area contributed by atoms with Gasteiger partial charge in [0.2, 0.25) is 0 Å². The summed E-state index contributed by atoms with van der Waals surface area (Å²) >= 11 is 1.28. The number of hydrogen-bond donors (Lipinski definition) is 4. The summed E-state index contributed by atoms with van der Waals surface area (Å²) in [4.78, 5) is 29.1. The van der Waals surface area contributed by atoms with Gasteiger partial charge in [-0.25, -0.2) is 4.98 Å². The summed E-state index contributed by atoms with van der Waals surface area (Å²) < 4.78 is 5.50. The Bertz CT molecular complexity index is 928. The second-order valence-electron chi connectivity index (χ2n) is 9.29. The van der Waals surface area contributed by atoms with Gasteiger partial charge in [0, 0.05) is 24.3 Å². The number of carbonyl (C=O) groups excluding carboxylic acids is 2. The lowest BCUT2D eigenvalue weighted by Gasteiger charge is -2.23. The largest absolute Gasteiger partial charge is 0.508 e. The molecule has 0 spiro atoms. The standard InChI is InChI=1S/C25H36N2O6S/c1-14(2)15(3)11-22(33-17(5)28)24-27-21(13-34-24)23(30)26-19(10-16(4)25(31)32)12-18-6-8-20(29)9-7-18/h6-9,13-16,19,22,25,29,31-32H,10-12H2,1-5H3,(H,26,30). The molecule has 0 aliphatic rings. The van der Waals surface area contributed by atoms with Crippen molar-refractivity contribution in [3.63, 3.8) is 0 Å². The van der Waals surface area contributed by atoms with Crippen LogP contribution in [0.15, 0.2) is 29.6 Å². The average Bonchev–Trinajstić information content (AvgIpc) is 3.24. The number of carbonyl (C=O) groups is 2. The molecule has 1 amide bonds. The van der Waals surface area contributed by atoms with Gasteiger partial charge in [0.15, 0.2) is 12.4 Å². The summed E-state index contributed by atoms with van der Waals surface area (Å²) in [6.07, 6.45) is -0.622. The molecule has 34 heavy (non-hydrogen) atoms. The third-order valence-corrected chi connectivity index (χ3v) is 6.92. The molecule has 0 aliphatic carbocycles. The van der Waals surface area contributed by atoms with Gasteiger partial charge in [-0.15, -0.1) is 11.3 Å². The number of esters is 1. The summed E-state index contributed by atoms with van der Waals surface area (Å²) in [7, 11) is 0. The minimum atomic E-state index is -1.50. The number of nitrogens with zero attached hydrogens (tertiary/aromatic N) is 1. The fraction of sp³-hybridized carbons (Fsp3) is 0.560. The van der Waals surface area contributed by atoms with E-state index >= 15 is 0 Å². The van der Waals surface area contributed by atoms with Crippen LogP contribution < -0.4 is 5.32 Å². The number of ether oxygens (including phenoxy) is 1. The maximum absolute atomic E-state index is 13.0. The monoisotopic (exact) mass is 492 g/mol. The molecule has 2 aromatic rings. The van der Waals surface area contributed by atoms with E-state index in [-0.39, 0.29) is 23.4 Å². The smallest absolute Gasteiger partial charge is 0.303 e. The van der Waals surface area contributed by atoms with Crippen molar-refractivity contribution >= 4 is 23.2 Å². The second-order valence-corrected chi connectivity index (χ2v) is 10.2. The minimum Gasteiger partial charge on any atom is -0.508 e. The molecule has 0 saturated carbocycles. The van der Waals surface area contributed by atoms with Crippen LogP contribution in [0.4, 0.5) is 0 Å². The zero-order valence-corrected chi connectivity index (χ0v) is 21.2. The van der Waals surface area contributed by atoms with Crippen LogP contribution in [0.25, 0.3) is 0 Å². The Labute approximate surface area is 205 Å². The fourth-order valence-electron chi connectivity index (χ4n) is 3.49. The Hall–Kier alpha value is -2.49. The first-order valence-electron chi connectivity index (χ1n) is 11.5. The number of thiazole rings is 1. The van der Waals surface area contributed by atoms with Crippen molar-refractivity contribution < 1.29 is 29.6 Å². The van der Waals surface area contributed by atoms with Gasteiger partial charge in [0.05, 0.1) is 0 Å². The van der Waals surface area contributed by atoms with Gasteiger partial charge in [-0.3, -0.25) is 9.59 Å². The Morgan fingerprint density at radius 3 is 2.26 bits per heavy atom. The molecule has 188 valence electrons. The van der Waals surface area contributed by atoms with E-state index in [1.54, 1.807) is 36.6 Å². The van der Waals surface area contributed by atoms with Crippen LogP contribution in [0.2, 0.25) is 0 Å². The third kappa shape index (κ3) is 8.70. The van der Waals surface area contributed by atoms with Gasteiger partial charge < -0.3 is 25.4 Å². The average molecular weight is 493 g/mol. The Morgan fingerprint density at radius 1 is 1.06 bits per heavy atom. The normalized spacial score (nSPS) is 15.1. The van der Waals surface area contributed by atoms with Crippen LogP contribution in [0.1, 0.15) is 74.6 Å². The van der Waals surface area contributed by atoms with E-state index in [0.717, 1.165) is 5.56 Å². The third-order valence-electron chi connectivity index (χ3n) is 5.98. The van der Waals surface area contributed by atoms with Gasteiger partial charge in [-0.2, -0.15) is 0 Å². The Kier molecular flexibility index (Phi) is 10.5. The fourth-order valence-corrected chi connectivity index (χ4v) is 4.33. The van der Waals surface area contributed by atoms with Crippen LogP contribution in [0.3, 0.4) is 0 Å². The van der Waals surface area contributed by atoms with Crippen LogP contribution in [-0.2, 0) is 16.0 Å². The van der Waals surface area contributed by atoms with Crippen LogP contribution in [0.5, 0.6) is 5.75 Å². The van der Waals surface area contributed by atoms with Crippen molar-refractivity contribution in [1.82, 2.24) is 10.3 Å². The summed E-state index contributed by atoms with van der Waals surface area (Å²) in [5.74, 6) is -0.388. The molecule has 4 atom stereocenters. The molecule has 0 saturated heterocycles. The highest BCUT2D eigenvalue weighted by Gasteiger charge is 2.26. The van der Waals surface area contributed by atoms with Gasteiger partial charge >= 0.3 is 5.97 Å². The molecule has 1 heterocycles. The molecular formula is C25H36N2O6S. The van der Waals surface area contributed by atoms with Crippen LogP contribution >= 0.6 is 11.3 Å². The number of nitrogens with one attached hydrogen (secondary N) is 1. The van der Waals surface area contributed by atoms with Crippen molar-refractivity contribution in [3.8, 4) is 5.75 Å². The van der Waals surface area contributed by atoms with E-state index in [1.807, 2.05) is 0 Å². The molecule has 0 aliphatic heterocycles. The number of benzene rings is 1. The molecule has 0 radical (unpaired) electrons. The van der Waals surface area contributed by atoms with Gasteiger partial charge in [-0.05, 0) is 48.8 Å². The number of aromatic hydroxyl groups is 1. The topological polar surface area (TPSA) is 129 Å². The summed E-state index contributed by atoms with van der Waals surface area (Å²) in [6.45, 7) is 9.36. The lowest BCUT2D eigenvalue weighted by molar-refractivity contribution is -0.147. The van der Waals surface area contributed by atoms with E-state index in [2.05, 4.69) is 31.1 Å². The minimum absolute atomic E-state index is 0.146. The zero-order chi connectivity index (χ0) is 25.4. The van der Waals surface area contributed by atoms with Crippen molar-refractivity contribution in [1.29, 1.82) is 0 Å². The molecule has 8 nitrogen and oxygen atoms in total. The molecule has 4 unspecified atom stereocenters. The van der Waals surface area contributed by atoms with Gasteiger partial charge in [-0.1, -0.05) is 39.8 Å². The van der Waals surface area contributed by atoms with E-state index < -0.39 is 24.3 Å². The number of phenols is 1. The number of aromatic nitrogens is 1. The number of amides is 1. The predicted molar refractivity (Wildman–Crippen MR) is 130 cm³/mol. The summed E-state index contributed by atoms with van der Waals surface area (Å²) in [5.41, 5.74) is 1.11.